The first kappa shape index (κ1) is 23.3. The van der Waals surface area contributed by atoms with Crippen LogP contribution in [0.3, 0.4) is 0 Å². The van der Waals surface area contributed by atoms with E-state index in [9.17, 15) is 9.59 Å². The lowest BCUT2D eigenvalue weighted by Crippen LogP contribution is -2.48. The van der Waals surface area contributed by atoms with Crippen LogP contribution in [0, 0.1) is 0 Å². The van der Waals surface area contributed by atoms with Crippen molar-refractivity contribution in [3.63, 3.8) is 0 Å². The molecule has 6 nitrogen and oxygen atoms in total. The molecule has 162 valence electrons. The fraction of sp³-hybridized carbons (Fsp3) is 0.417. The van der Waals surface area contributed by atoms with Gasteiger partial charge in [0.15, 0.2) is 6.61 Å². The van der Waals surface area contributed by atoms with Crippen molar-refractivity contribution in [2.24, 2.45) is 0 Å². The molecule has 2 aromatic rings. The number of carbonyl (C=O) groups excluding carboxylic acids is 2. The summed E-state index contributed by atoms with van der Waals surface area (Å²) in [6.07, 6.45) is 0. The smallest absolute Gasteiger partial charge is 0.261 e. The molecule has 1 N–H and O–H groups in total. The molecule has 0 aliphatic rings. The number of methoxy groups -OCH3 is 1. The van der Waals surface area contributed by atoms with Gasteiger partial charge >= 0.3 is 0 Å². The molecule has 0 aromatic heterocycles. The third kappa shape index (κ3) is 5.99. The summed E-state index contributed by atoms with van der Waals surface area (Å²) in [6, 6.07) is 14.5. The van der Waals surface area contributed by atoms with E-state index in [0.717, 1.165) is 11.1 Å². The van der Waals surface area contributed by atoms with Gasteiger partial charge in [-0.1, -0.05) is 51.1 Å². The first-order chi connectivity index (χ1) is 14.2. The molecule has 0 spiro atoms. The van der Waals surface area contributed by atoms with Crippen molar-refractivity contribution in [2.45, 2.75) is 45.7 Å². The maximum Gasteiger partial charge on any atom is 0.261 e. The minimum absolute atomic E-state index is 0.116. The zero-order chi connectivity index (χ0) is 22.3. The molecule has 2 aromatic carbocycles. The van der Waals surface area contributed by atoms with E-state index >= 15 is 0 Å². The van der Waals surface area contributed by atoms with Crippen LogP contribution in [0.1, 0.15) is 38.8 Å². The van der Waals surface area contributed by atoms with Crippen molar-refractivity contribution < 1.29 is 19.1 Å². The third-order valence-corrected chi connectivity index (χ3v) is 4.95. The number of nitrogens with one attached hydrogen (secondary N) is 1. The molecule has 0 unspecified atom stereocenters. The second-order valence-corrected chi connectivity index (χ2v) is 8.20. The molecule has 6 heteroatoms. The van der Waals surface area contributed by atoms with Crippen LogP contribution in [0.25, 0.3) is 0 Å². The predicted octanol–water partition coefficient (Wildman–Crippen LogP) is 3.53. The van der Waals surface area contributed by atoms with E-state index in [4.69, 9.17) is 9.47 Å². The van der Waals surface area contributed by atoms with Crippen molar-refractivity contribution in [2.75, 3.05) is 20.8 Å². The molecule has 0 fully saturated rings. The topological polar surface area (TPSA) is 67.9 Å². The summed E-state index contributed by atoms with van der Waals surface area (Å²) in [5, 5.41) is 2.61. The molecule has 0 saturated carbocycles. The van der Waals surface area contributed by atoms with Crippen molar-refractivity contribution >= 4 is 11.8 Å². The number of rotatable bonds is 8. The Hall–Kier alpha value is -3.02. The molecule has 0 aliphatic carbocycles. The van der Waals surface area contributed by atoms with Crippen LogP contribution in [-0.4, -0.2) is 43.5 Å². The van der Waals surface area contributed by atoms with Crippen LogP contribution in [0.15, 0.2) is 48.5 Å². The SMILES string of the molecule is CNC(=O)[C@H](C)N(Cc1cccc(OC)c1)C(=O)COc1ccccc1C(C)(C)C. The molecule has 0 saturated heterocycles. The summed E-state index contributed by atoms with van der Waals surface area (Å²) in [6.45, 7) is 8.12. The first-order valence-corrected chi connectivity index (χ1v) is 10.0. The second-order valence-electron chi connectivity index (χ2n) is 8.20. The lowest BCUT2D eigenvalue weighted by atomic mass is 9.86. The maximum absolute atomic E-state index is 13.1. The number of para-hydroxylation sites is 1. The van der Waals surface area contributed by atoms with Crippen LogP contribution in [0.4, 0.5) is 0 Å². The van der Waals surface area contributed by atoms with Gasteiger partial charge in [-0.2, -0.15) is 0 Å². The van der Waals surface area contributed by atoms with Crippen molar-refractivity contribution in [3.05, 3.63) is 59.7 Å². The molecule has 0 radical (unpaired) electrons. The summed E-state index contributed by atoms with van der Waals surface area (Å²) in [5.41, 5.74) is 1.78. The third-order valence-electron chi connectivity index (χ3n) is 4.95. The molecule has 30 heavy (non-hydrogen) atoms. The van der Waals surface area contributed by atoms with Gasteiger partial charge in [-0.3, -0.25) is 9.59 Å². The second kappa shape index (κ2) is 10.1. The minimum Gasteiger partial charge on any atom is -0.497 e. The molecule has 2 rings (SSSR count). The summed E-state index contributed by atoms with van der Waals surface area (Å²) in [4.78, 5) is 26.9. The highest BCUT2D eigenvalue weighted by Crippen LogP contribution is 2.31. The predicted molar refractivity (Wildman–Crippen MR) is 118 cm³/mol. The average molecular weight is 413 g/mol. The number of likely N-dealkylation sites (N-methyl/N-ethyl adjacent to an activating group) is 1. The Balaban J connectivity index is 2.22. The van der Waals surface area contributed by atoms with E-state index in [2.05, 4.69) is 26.1 Å². The van der Waals surface area contributed by atoms with Gasteiger partial charge in [0.2, 0.25) is 5.91 Å². The highest BCUT2D eigenvalue weighted by molar-refractivity contribution is 5.87. The number of hydrogen-bond acceptors (Lipinski definition) is 4. The van der Waals surface area contributed by atoms with Gasteiger partial charge in [-0.05, 0) is 41.7 Å². The molecule has 0 bridgehead atoms. The van der Waals surface area contributed by atoms with Crippen LogP contribution in [0.2, 0.25) is 0 Å². The standard InChI is InChI=1S/C24H32N2O4/c1-17(23(28)25-5)26(15-18-10-9-11-19(14-18)29-6)22(27)16-30-21-13-8-7-12-20(21)24(2,3)4/h7-14,17H,15-16H2,1-6H3,(H,25,28)/t17-/m0/s1. The van der Waals surface area contributed by atoms with E-state index < -0.39 is 6.04 Å². The van der Waals surface area contributed by atoms with Gasteiger partial charge in [0, 0.05) is 13.6 Å². The van der Waals surface area contributed by atoms with Crippen LogP contribution in [0.5, 0.6) is 11.5 Å². The number of ether oxygens (including phenoxy) is 2. The van der Waals surface area contributed by atoms with E-state index in [1.54, 1.807) is 21.1 Å². The zero-order valence-corrected chi connectivity index (χ0v) is 18.7. The summed E-state index contributed by atoms with van der Waals surface area (Å²) in [7, 11) is 3.15. The largest absolute Gasteiger partial charge is 0.497 e. The lowest BCUT2D eigenvalue weighted by Gasteiger charge is -2.29. The minimum atomic E-state index is -0.643. The molecule has 0 aliphatic heterocycles. The molecule has 2 amide bonds. The maximum atomic E-state index is 13.1. The van der Waals surface area contributed by atoms with E-state index in [1.165, 1.54) is 4.90 Å². The van der Waals surface area contributed by atoms with Gasteiger partial charge in [0.1, 0.15) is 17.5 Å². The Bertz CT molecular complexity index is 874. The van der Waals surface area contributed by atoms with Crippen molar-refractivity contribution in [3.8, 4) is 11.5 Å². The van der Waals surface area contributed by atoms with Crippen LogP contribution in [-0.2, 0) is 21.5 Å². The summed E-state index contributed by atoms with van der Waals surface area (Å²) < 4.78 is 11.2. The molecule has 1 atom stereocenters. The van der Waals surface area contributed by atoms with Crippen molar-refractivity contribution in [1.29, 1.82) is 0 Å². The molecule has 0 heterocycles. The van der Waals surface area contributed by atoms with E-state index in [0.29, 0.717) is 11.5 Å². The van der Waals surface area contributed by atoms with Gasteiger partial charge in [-0.15, -0.1) is 0 Å². The van der Waals surface area contributed by atoms with Crippen molar-refractivity contribution in [1.82, 2.24) is 10.2 Å². The highest BCUT2D eigenvalue weighted by Gasteiger charge is 2.27. The van der Waals surface area contributed by atoms with Gasteiger partial charge in [-0.25, -0.2) is 0 Å². The van der Waals surface area contributed by atoms with Gasteiger partial charge in [0.25, 0.3) is 5.91 Å². The highest BCUT2D eigenvalue weighted by atomic mass is 16.5. The number of carbonyl (C=O) groups is 2. The Labute approximate surface area is 179 Å². The fourth-order valence-electron chi connectivity index (χ4n) is 3.19. The van der Waals surface area contributed by atoms with E-state index in [-0.39, 0.29) is 30.4 Å². The van der Waals surface area contributed by atoms with Gasteiger partial charge < -0.3 is 19.7 Å². The lowest BCUT2D eigenvalue weighted by molar-refractivity contribution is -0.142. The number of hydrogen-bond donors (Lipinski definition) is 1. The quantitative estimate of drug-likeness (QED) is 0.720. The Morgan fingerprint density at radius 1 is 1.10 bits per heavy atom. The fourth-order valence-corrected chi connectivity index (χ4v) is 3.19. The number of nitrogens with zero attached hydrogens (tertiary/aromatic N) is 1. The Kier molecular flexibility index (Phi) is 7.86. The normalized spacial score (nSPS) is 12.1. The zero-order valence-electron chi connectivity index (χ0n) is 18.7. The summed E-state index contributed by atoms with van der Waals surface area (Å²) in [5.74, 6) is 0.870. The van der Waals surface area contributed by atoms with Gasteiger partial charge in [0.05, 0.1) is 7.11 Å². The number of amides is 2. The summed E-state index contributed by atoms with van der Waals surface area (Å²) >= 11 is 0. The molecular weight excluding hydrogens is 380 g/mol. The molecular formula is C24H32N2O4. The Morgan fingerprint density at radius 2 is 1.80 bits per heavy atom. The average Bonchev–Trinajstić information content (AvgIpc) is 2.74. The first-order valence-electron chi connectivity index (χ1n) is 10.0. The van der Waals surface area contributed by atoms with Crippen LogP contribution >= 0.6 is 0 Å². The Morgan fingerprint density at radius 3 is 2.43 bits per heavy atom. The number of benzene rings is 2. The monoisotopic (exact) mass is 412 g/mol. The van der Waals surface area contributed by atoms with Crippen LogP contribution < -0.4 is 14.8 Å². The van der Waals surface area contributed by atoms with E-state index in [1.807, 2.05) is 48.5 Å².